The maximum atomic E-state index is 12.9. The van der Waals surface area contributed by atoms with E-state index in [0.717, 1.165) is 135 Å². The van der Waals surface area contributed by atoms with Crippen molar-refractivity contribution in [3.63, 3.8) is 0 Å². The molecule has 0 aliphatic heterocycles. The van der Waals surface area contributed by atoms with Crippen LogP contribution in [0.25, 0.3) is 0 Å². The molecule has 0 fully saturated rings. The van der Waals surface area contributed by atoms with Crippen LogP contribution in [0.5, 0.6) is 0 Å². The Balaban J connectivity index is 4.37. The zero-order chi connectivity index (χ0) is 57.8. The van der Waals surface area contributed by atoms with E-state index in [1.807, 2.05) is 0 Å². The summed E-state index contributed by atoms with van der Waals surface area (Å²) in [5.74, 6) is -0.909. The molecule has 6 heteroatoms. The molecule has 0 rings (SSSR count). The van der Waals surface area contributed by atoms with Crippen LogP contribution in [0.3, 0.4) is 0 Å². The largest absolute Gasteiger partial charge is 0.462 e. The fourth-order valence-electron chi connectivity index (χ4n) is 9.14. The third-order valence-electron chi connectivity index (χ3n) is 14.2. The van der Waals surface area contributed by atoms with E-state index in [1.54, 1.807) is 0 Å². The highest BCUT2D eigenvalue weighted by molar-refractivity contribution is 5.71. The standard InChI is InChI=1S/C74H124O6/c1-4-7-10-13-16-19-22-25-28-30-32-34-35-36-37-38-39-41-42-44-46-49-52-55-58-61-64-67-73(76)79-70-71(69-78-72(75)66-63-60-57-54-51-48-27-24-21-18-15-12-9-6-3)80-74(77)68-65-62-59-56-53-50-47-45-43-40-33-31-29-26-23-20-17-14-11-8-5-2/h7,10,15-16,18-19,23-28,31-34,36-37,39,41,71H,4-6,8-9,11-14,17,20-22,29-30,35,38,40,42-70H2,1-3H3/b10-7-,18-15-,19-16-,26-23-,27-24-,28-25-,33-31-,34-32-,37-36-,41-39-. The molecule has 0 saturated carbocycles. The summed E-state index contributed by atoms with van der Waals surface area (Å²) >= 11 is 0. The van der Waals surface area contributed by atoms with Crippen LogP contribution in [0, 0.1) is 0 Å². The number of hydrogen-bond acceptors (Lipinski definition) is 6. The Labute approximate surface area is 494 Å². The molecule has 0 radical (unpaired) electrons. The quantitative estimate of drug-likeness (QED) is 0.0261. The Bertz CT molecular complexity index is 1650. The van der Waals surface area contributed by atoms with Gasteiger partial charge >= 0.3 is 17.9 Å². The minimum atomic E-state index is -0.795. The second-order valence-corrected chi connectivity index (χ2v) is 22.0. The SMILES string of the molecule is CC/C=C\C/C=C\C/C=C\C/C=C\C/C=C\C/C=C\CCCCCCCCCCC(=O)OCC(COC(=O)CCCCCCC/C=C\C/C=C\CCCC)OC(=O)CCCCCCCCCCC/C=C\C/C=C\CCCCCCC. The second kappa shape index (κ2) is 67.3. The van der Waals surface area contributed by atoms with Crippen molar-refractivity contribution in [3.05, 3.63) is 122 Å². The molecule has 0 aliphatic carbocycles. The number of carbonyl (C=O) groups excluding carboxylic acids is 3. The summed E-state index contributed by atoms with van der Waals surface area (Å²) < 4.78 is 16.9. The third kappa shape index (κ3) is 64.6. The predicted octanol–water partition coefficient (Wildman–Crippen LogP) is 23.2. The van der Waals surface area contributed by atoms with E-state index in [2.05, 4.69) is 142 Å². The van der Waals surface area contributed by atoms with Crippen molar-refractivity contribution in [2.45, 2.75) is 316 Å². The molecule has 0 heterocycles. The van der Waals surface area contributed by atoms with Crippen LogP contribution in [0.15, 0.2) is 122 Å². The molecule has 0 bridgehead atoms. The average molecular weight is 1110 g/mol. The van der Waals surface area contributed by atoms with Crippen LogP contribution in [0.4, 0.5) is 0 Å². The minimum Gasteiger partial charge on any atom is -0.462 e. The van der Waals surface area contributed by atoms with Crippen molar-refractivity contribution < 1.29 is 28.6 Å². The van der Waals surface area contributed by atoms with Gasteiger partial charge in [0, 0.05) is 19.3 Å². The molecule has 0 aromatic heterocycles. The topological polar surface area (TPSA) is 78.9 Å². The maximum absolute atomic E-state index is 12.9. The van der Waals surface area contributed by atoms with Crippen molar-refractivity contribution in [3.8, 4) is 0 Å². The molecule has 0 aliphatic rings. The van der Waals surface area contributed by atoms with E-state index >= 15 is 0 Å². The number of unbranched alkanes of at least 4 members (excludes halogenated alkanes) is 29. The molecule has 0 saturated heterocycles. The van der Waals surface area contributed by atoms with E-state index in [1.165, 1.54) is 135 Å². The lowest BCUT2D eigenvalue weighted by atomic mass is 10.1. The lowest BCUT2D eigenvalue weighted by Gasteiger charge is -2.18. The van der Waals surface area contributed by atoms with E-state index in [4.69, 9.17) is 14.2 Å². The van der Waals surface area contributed by atoms with Crippen molar-refractivity contribution in [1.82, 2.24) is 0 Å². The highest BCUT2D eigenvalue weighted by Gasteiger charge is 2.19. The fourth-order valence-corrected chi connectivity index (χ4v) is 9.14. The molecule has 1 unspecified atom stereocenters. The van der Waals surface area contributed by atoms with E-state index in [0.29, 0.717) is 19.3 Å². The Morgan fingerprint density at radius 3 is 0.800 bits per heavy atom. The van der Waals surface area contributed by atoms with Gasteiger partial charge in [-0.05, 0) is 128 Å². The summed E-state index contributed by atoms with van der Waals surface area (Å²) in [7, 11) is 0. The summed E-state index contributed by atoms with van der Waals surface area (Å²) in [5.41, 5.74) is 0. The average Bonchev–Trinajstić information content (AvgIpc) is 3.46. The molecule has 0 aromatic rings. The second-order valence-electron chi connectivity index (χ2n) is 22.0. The van der Waals surface area contributed by atoms with Crippen LogP contribution in [-0.2, 0) is 28.6 Å². The summed E-state index contributed by atoms with van der Waals surface area (Å²) in [6.45, 7) is 6.47. The van der Waals surface area contributed by atoms with E-state index in [-0.39, 0.29) is 31.1 Å². The number of rotatable bonds is 60. The van der Waals surface area contributed by atoms with Gasteiger partial charge in [-0.2, -0.15) is 0 Å². The van der Waals surface area contributed by atoms with Crippen LogP contribution in [0.1, 0.15) is 310 Å². The number of hydrogen-bond donors (Lipinski definition) is 0. The van der Waals surface area contributed by atoms with Gasteiger partial charge in [0.2, 0.25) is 0 Å². The number of esters is 3. The first-order chi connectivity index (χ1) is 39.5. The Kier molecular flexibility index (Phi) is 63.8. The highest BCUT2D eigenvalue weighted by Crippen LogP contribution is 2.16. The summed E-state index contributed by atoms with van der Waals surface area (Å²) in [4.78, 5) is 38.4. The predicted molar refractivity (Wildman–Crippen MR) is 348 cm³/mol. The molecule has 0 aromatic carbocycles. The highest BCUT2D eigenvalue weighted by atomic mass is 16.6. The van der Waals surface area contributed by atoms with Gasteiger partial charge in [-0.1, -0.05) is 284 Å². The van der Waals surface area contributed by atoms with E-state index < -0.39 is 6.10 Å². The van der Waals surface area contributed by atoms with Crippen LogP contribution >= 0.6 is 0 Å². The normalized spacial score (nSPS) is 12.9. The van der Waals surface area contributed by atoms with Gasteiger partial charge in [0.15, 0.2) is 6.10 Å². The van der Waals surface area contributed by atoms with Crippen LogP contribution in [0.2, 0.25) is 0 Å². The molecular weight excluding hydrogens is 985 g/mol. The molecule has 0 spiro atoms. The molecule has 6 nitrogen and oxygen atoms in total. The summed E-state index contributed by atoms with van der Waals surface area (Å²) in [6, 6.07) is 0. The smallest absolute Gasteiger partial charge is 0.306 e. The first kappa shape index (κ1) is 75.8. The monoisotopic (exact) mass is 1110 g/mol. The molecular formula is C74H124O6. The molecule has 0 amide bonds. The van der Waals surface area contributed by atoms with Crippen molar-refractivity contribution in [1.29, 1.82) is 0 Å². The Hall–Kier alpha value is -4.19. The van der Waals surface area contributed by atoms with Gasteiger partial charge in [-0.25, -0.2) is 0 Å². The number of ether oxygens (including phenoxy) is 3. The van der Waals surface area contributed by atoms with Gasteiger partial charge in [0.1, 0.15) is 13.2 Å². The van der Waals surface area contributed by atoms with E-state index in [9.17, 15) is 14.4 Å². The third-order valence-corrected chi connectivity index (χ3v) is 14.2. The van der Waals surface area contributed by atoms with Gasteiger partial charge in [0.25, 0.3) is 0 Å². The lowest BCUT2D eigenvalue weighted by molar-refractivity contribution is -0.167. The zero-order valence-corrected chi connectivity index (χ0v) is 52.3. The van der Waals surface area contributed by atoms with Crippen molar-refractivity contribution in [2.24, 2.45) is 0 Å². The lowest BCUT2D eigenvalue weighted by Crippen LogP contribution is -2.30. The maximum Gasteiger partial charge on any atom is 0.306 e. The van der Waals surface area contributed by atoms with Crippen molar-refractivity contribution >= 4 is 17.9 Å². The molecule has 1 atom stereocenters. The Morgan fingerprint density at radius 2 is 0.500 bits per heavy atom. The van der Waals surface area contributed by atoms with Gasteiger partial charge in [-0.3, -0.25) is 14.4 Å². The first-order valence-corrected chi connectivity index (χ1v) is 33.5. The molecule has 80 heavy (non-hydrogen) atoms. The summed E-state index contributed by atoms with van der Waals surface area (Å²) in [5, 5.41) is 0. The Morgan fingerprint density at radius 1 is 0.263 bits per heavy atom. The van der Waals surface area contributed by atoms with Crippen LogP contribution < -0.4 is 0 Å². The van der Waals surface area contributed by atoms with Gasteiger partial charge < -0.3 is 14.2 Å². The van der Waals surface area contributed by atoms with Crippen LogP contribution in [-0.4, -0.2) is 37.2 Å². The van der Waals surface area contributed by atoms with Gasteiger partial charge in [-0.15, -0.1) is 0 Å². The molecule has 456 valence electrons. The van der Waals surface area contributed by atoms with Gasteiger partial charge in [0.05, 0.1) is 0 Å². The number of carbonyl (C=O) groups is 3. The van der Waals surface area contributed by atoms with Crippen molar-refractivity contribution in [2.75, 3.05) is 13.2 Å². The first-order valence-electron chi connectivity index (χ1n) is 33.5. The fraction of sp³-hybridized carbons (Fsp3) is 0.689. The molecule has 0 N–H and O–H groups in total. The zero-order valence-electron chi connectivity index (χ0n) is 52.3. The summed E-state index contributed by atoms with van der Waals surface area (Å²) in [6.07, 6.45) is 93.4. The number of allylic oxidation sites excluding steroid dienone is 20. The minimum absolute atomic E-state index is 0.0903.